The molecule has 0 fully saturated rings. The van der Waals surface area contributed by atoms with Gasteiger partial charge < -0.3 is 16.8 Å². The minimum absolute atomic E-state index is 0.0397. The van der Waals surface area contributed by atoms with Gasteiger partial charge in [0.25, 0.3) is 0 Å². The second kappa shape index (κ2) is 5.65. The minimum atomic E-state index is -4.55. The van der Waals surface area contributed by atoms with E-state index in [1.54, 1.807) is 0 Å². The number of nitrogens with one attached hydrogen (secondary N) is 1. The molecule has 1 atom stereocenters. The summed E-state index contributed by atoms with van der Waals surface area (Å²) in [6.07, 6.45) is -4.07. The molecular formula is C10H11F3N4O2. The predicted octanol–water partition coefficient (Wildman–Crippen LogP) is 0.242. The number of hydrogen-bond acceptors (Lipinski definition) is 4. The van der Waals surface area contributed by atoms with Crippen molar-refractivity contribution in [3.63, 3.8) is 0 Å². The second-order valence-electron chi connectivity index (χ2n) is 3.70. The van der Waals surface area contributed by atoms with Crippen LogP contribution in [0.5, 0.6) is 0 Å². The Kier molecular flexibility index (Phi) is 4.43. The van der Waals surface area contributed by atoms with Crippen LogP contribution in [0.25, 0.3) is 0 Å². The second-order valence-corrected chi connectivity index (χ2v) is 3.70. The molecule has 0 spiro atoms. The molecule has 2 amide bonds. The summed E-state index contributed by atoms with van der Waals surface area (Å²) in [5, 5.41) is 2.22. The van der Waals surface area contributed by atoms with E-state index in [2.05, 4.69) is 10.3 Å². The molecule has 0 aliphatic carbocycles. The number of anilines is 1. The van der Waals surface area contributed by atoms with Gasteiger partial charge in [-0.25, -0.2) is 4.98 Å². The van der Waals surface area contributed by atoms with Gasteiger partial charge in [0, 0.05) is 0 Å². The van der Waals surface area contributed by atoms with Crippen molar-refractivity contribution in [2.75, 3.05) is 5.32 Å². The first-order valence-corrected chi connectivity index (χ1v) is 5.08. The summed E-state index contributed by atoms with van der Waals surface area (Å²) in [6, 6.07) is 0.583. The van der Waals surface area contributed by atoms with E-state index < -0.39 is 29.7 Å². The van der Waals surface area contributed by atoms with Crippen LogP contribution in [0.1, 0.15) is 12.1 Å². The number of hydrogen-bond donors (Lipinski definition) is 3. The summed E-state index contributed by atoms with van der Waals surface area (Å²) in [7, 11) is 0. The lowest BCUT2D eigenvalue weighted by atomic mass is 10.2. The summed E-state index contributed by atoms with van der Waals surface area (Å²) in [5.74, 6) is -1.49. The quantitative estimate of drug-likeness (QED) is 0.731. The number of halogens is 3. The number of alkyl halides is 3. The summed E-state index contributed by atoms with van der Waals surface area (Å²) in [6.45, 7) is 0. The van der Waals surface area contributed by atoms with Crippen LogP contribution in [0, 0.1) is 0 Å². The van der Waals surface area contributed by atoms with Crippen LogP contribution >= 0.6 is 0 Å². The fourth-order valence-corrected chi connectivity index (χ4v) is 1.18. The van der Waals surface area contributed by atoms with E-state index >= 15 is 0 Å². The van der Waals surface area contributed by atoms with Crippen molar-refractivity contribution in [3.8, 4) is 0 Å². The maximum absolute atomic E-state index is 12.2. The Bertz CT molecular complexity index is 473. The molecule has 6 nitrogen and oxygen atoms in total. The van der Waals surface area contributed by atoms with E-state index in [-0.39, 0.29) is 12.1 Å². The van der Waals surface area contributed by atoms with E-state index in [1.165, 1.54) is 0 Å². The van der Waals surface area contributed by atoms with Crippen LogP contribution in [0.4, 0.5) is 18.9 Å². The number of nitrogens with two attached hydrogens (primary N) is 2. The van der Waals surface area contributed by atoms with Gasteiger partial charge in [-0.15, -0.1) is 0 Å². The molecule has 5 N–H and O–H groups in total. The zero-order valence-electron chi connectivity index (χ0n) is 9.57. The zero-order chi connectivity index (χ0) is 14.6. The van der Waals surface area contributed by atoms with Gasteiger partial charge in [0.2, 0.25) is 11.8 Å². The molecule has 0 aliphatic heterocycles. The zero-order valence-corrected chi connectivity index (χ0v) is 9.57. The highest BCUT2D eigenvalue weighted by molar-refractivity contribution is 5.97. The Hall–Kier alpha value is -2.16. The lowest BCUT2D eigenvalue weighted by Gasteiger charge is -2.11. The molecule has 104 valence electrons. The maximum Gasteiger partial charge on any atom is 0.433 e. The van der Waals surface area contributed by atoms with Crippen LogP contribution < -0.4 is 16.8 Å². The molecule has 0 aromatic carbocycles. The maximum atomic E-state index is 12.2. The van der Waals surface area contributed by atoms with Gasteiger partial charge in [0.1, 0.15) is 5.69 Å². The molecule has 19 heavy (non-hydrogen) atoms. The lowest BCUT2D eigenvalue weighted by molar-refractivity contribution is -0.141. The lowest BCUT2D eigenvalue weighted by Crippen LogP contribution is -2.39. The third-order valence-corrected chi connectivity index (χ3v) is 2.08. The topological polar surface area (TPSA) is 111 Å². The van der Waals surface area contributed by atoms with Gasteiger partial charge in [-0.1, -0.05) is 0 Å². The van der Waals surface area contributed by atoms with Crippen molar-refractivity contribution < 1.29 is 22.8 Å². The van der Waals surface area contributed by atoms with Crippen molar-refractivity contribution in [1.82, 2.24) is 4.98 Å². The van der Waals surface area contributed by atoms with Crippen molar-refractivity contribution in [1.29, 1.82) is 0 Å². The number of amides is 2. The fraction of sp³-hybridized carbons (Fsp3) is 0.300. The molecule has 1 heterocycles. The predicted molar refractivity (Wildman–Crippen MR) is 59.7 cm³/mol. The standard InChI is InChI=1S/C10H11F3N4O2/c11-10(12,13)7-2-1-5(4-16-7)17-9(19)6(14)3-8(15)18/h1-2,4,6H,3,14H2,(H2,15,18)(H,17,19). The number of primary amides is 1. The summed E-state index contributed by atoms with van der Waals surface area (Å²) in [4.78, 5) is 25.1. The number of rotatable bonds is 4. The highest BCUT2D eigenvalue weighted by Crippen LogP contribution is 2.27. The van der Waals surface area contributed by atoms with E-state index in [9.17, 15) is 22.8 Å². The molecule has 0 saturated heterocycles. The average molecular weight is 276 g/mol. The largest absolute Gasteiger partial charge is 0.433 e. The molecule has 1 unspecified atom stereocenters. The number of nitrogens with zero attached hydrogens (tertiary/aromatic N) is 1. The smallest absolute Gasteiger partial charge is 0.370 e. The van der Waals surface area contributed by atoms with Crippen LogP contribution in [0.3, 0.4) is 0 Å². The first-order chi connectivity index (χ1) is 8.70. The van der Waals surface area contributed by atoms with Crippen molar-refractivity contribution in [2.45, 2.75) is 18.6 Å². The monoisotopic (exact) mass is 276 g/mol. The van der Waals surface area contributed by atoms with Crippen LogP contribution in [0.2, 0.25) is 0 Å². The Morgan fingerprint density at radius 3 is 2.42 bits per heavy atom. The molecule has 0 saturated carbocycles. The van der Waals surface area contributed by atoms with E-state index in [4.69, 9.17) is 11.5 Å². The SMILES string of the molecule is NC(=O)CC(N)C(=O)Nc1ccc(C(F)(F)F)nc1. The Morgan fingerprint density at radius 2 is 2.00 bits per heavy atom. The third kappa shape index (κ3) is 4.54. The third-order valence-electron chi connectivity index (χ3n) is 2.08. The number of pyridine rings is 1. The number of carbonyl (C=O) groups is 2. The van der Waals surface area contributed by atoms with Crippen LogP contribution in [-0.4, -0.2) is 22.8 Å². The molecule has 1 rings (SSSR count). The van der Waals surface area contributed by atoms with Crippen molar-refractivity contribution >= 4 is 17.5 Å². The highest BCUT2D eigenvalue weighted by atomic mass is 19.4. The number of aromatic nitrogens is 1. The fourth-order valence-electron chi connectivity index (χ4n) is 1.18. The Balaban J connectivity index is 2.68. The first-order valence-electron chi connectivity index (χ1n) is 5.08. The van der Waals surface area contributed by atoms with Gasteiger partial charge in [-0.05, 0) is 12.1 Å². The van der Waals surface area contributed by atoms with E-state index in [0.717, 1.165) is 18.3 Å². The molecule has 9 heteroatoms. The number of carbonyl (C=O) groups excluding carboxylic acids is 2. The van der Waals surface area contributed by atoms with Crippen molar-refractivity contribution in [3.05, 3.63) is 24.0 Å². The Labute approximate surface area is 106 Å². The van der Waals surface area contributed by atoms with Crippen LogP contribution in [0.15, 0.2) is 18.3 Å². The Morgan fingerprint density at radius 1 is 1.37 bits per heavy atom. The van der Waals surface area contributed by atoms with Crippen LogP contribution in [-0.2, 0) is 15.8 Å². The average Bonchev–Trinajstić information content (AvgIpc) is 2.27. The van der Waals surface area contributed by atoms with Gasteiger partial charge >= 0.3 is 6.18 Å². The highest BCUT2D eigenvalue weighted by Gasteiger charge is 2.32. The van der Waals surface area contributed by atoms with Gasteiger partial charge in [-0.2, -0.15) is 13.2 Å². The summed E-state index contributed by atoms with van der Waals surface area (Å²) in [5.41, 5.74) is 9.17. The molecule has 1 aromatic rings. The molecule has 1 aromatic heterocycles. The van der Waals surface area contributed by atoms with Gasteiger partial charge in [0.05, 0.1) is 24.3 Å². The first kappa shape index (κ1) is 14.9. The normalized spacial score (nSPS) is 12.8. The summed E-state index contributed by atoms with van der Waals surface area (Å²) < 4.78 is 36.7. The molecule has 0 aliphatic rings. The minimum Gasteiger partial charge on any atom is -0.370 e. The molecule has 0 radical (unpaired) electrons. The van der Waals surface area contributed by atoms with E-state index in [1.807, 2.05) is 0 Å². The van der Waals surface area contributed by atoms with Gasteiger partial charge in [-0.3, -0.25) is 9.59 Å². The summed E-state index contributed by atoms with van der Waals surface area (Å²) >= 11 is 0. The molecule has 0 bridgehead atoms. The van der Waals surface area contributed by atoms with E-state index in [0.29, 0.717) is 0 Å². The molecular weight excluding hydrogens is 265 g/mol. The van der Waals surface area contributed by atoms with Gasteiger partial charge in [0.15, 0.2) is 0 Å². The van der Waals surface area contributed by atoms with Crippen molar-refractivity contribution in [2.24, 2.45) is 11.5 Å².